The molecule has 166 valence electrons. The molecule has 1 N–H and O–H groups in total. The highest BCUT2D eigenvalue weighted by Gasteiger charge is 2.39. The molecule has 0 aliphatic carbocycles. The van der Waals surface area contributed by atoms with Gasteiger partial charge >= 0.3 is 0 Å². The first-order valence-corrected chi connectivity index (χ1v) is 10.9. The van der Waals surface area contributed by atoms with E-state index in [2.05, 4.69) is 5.32 Å². The standard InChI is InChI=1S/C25H19Cl2N3O3/c1-2-29(19-11-4-3-5-12-19)23(31)16-8-6-10-18(14-16)28-22-21(27)24(32)30(25(22)33)20-13-7-9-17(26)15-20/h3-15,28H,2H2,1H3. The van der Waals surface area contributed by atoms with Gasteiger partial charge in [-0.2, -0.15) is 0 Å². The Morgan fingerprint density at radius 3 is 2.33 bits per heavy atom. The number of anilines is 3. The van der Waals surface area contributed by atoms with Crippen molar-refractivity contribution in [2.75, 3.05) is 21.7 Å². The van der Waals surface area contributed by atoms with Crippen molar-refractivity contribution in [3.63, 3.8) is 0 Å². The first-order chi connectivity index (χ1) is 15.9. The second kappa shape index (κ2) is 9.48. The van der Waals surface area contributed by atoms with Gasteiger partial charge in [0.2, 0.25) is 0 Å². The number of carbonyl (C=O) groups is 3. The maximum Gasteiger partial charge on any atom is 0.283 e. The van der Waals surface area contributed by atoms with Crippen molar-refractivity contribution in [2.24, 2.45) is 0 Å². The van der Waals surface area contributed by atoms with E-state index in [1.165, 1.54) is 6.07 Å². The molecule has 0 spiro atoms. The van der Waals surface area contributed by atoms with Crippen LogP contribution < -0.4 is 15.1 Å². The number of nitrogens with one attached hydrogen (secondary N) is 1. The SMILES string of the molecule is CCN(C(=O)c1cccc(NC2=C(Cl)C(=O)N(c3cccc(Cl)c3)C2=O)c1)c1ccccc1. The predicted molar refractivity (Wildman–Crippen MR) is 131 cm³/mol. The summed E-state index contributed by atoms with van der Waals surface area (Å²) >= 11 is 12.2. The average Bonchev–Trinajstić information content (AvgIpc) is 3.03. The smallest absolute Gasteiger partial charge is 0.283 e. The van der Waals surface area contributed by atoms with Gasteiger partial charge in [0.05, 0.1) is 5.69 Å². The van der Waals surface area contributed by atoms with Gasteiger partial charge in [-0.3, -0.25) is 14.4 Å². The Balaban J connectivity index is 1.59. The highest BCUT2D eigenvalue weighted by atomic mass is 35.5. The second-order valence-corrected chi connectivity index (χ2v) is 8.02. The molecule has 1 aliphatic rings. The van der Waals surface area contributed by atoms with E-state index in [-0.39, 0.29) is 16.6 Å². The number of benzene rings is 3. The van der Waals surface area contributed by atoms with Gasteiger partial charge in [-0.1, -0.05) is 53.5 Å². The van der Waals surface area contributed by atoms with Crippen LogP contribution in [0.2, 0.25) is 5.02 Å². The van der Waals surface area contributed by atoms with Gasteiger partial charge < -0.3 is 10.2 Å². The molecule has 1 aliphatic heterocycles. The van der Waals surface area contributed by atoms with Gasteiger partial charge in [-0.15, -0.1) is 0 Å². The number of nitrogens with zero attached hydrogens (tertiary/aromatic N) is 2. The number of rotatable bonds is 6. The Hall–Kier alpha value is -3.61. The molecule has 0 radical (unpaired) electrons. The summed E-state index contributed by atoms with van der Waals surface area (Å²) in [6.07, 6.45) is 0. The van der Waals surface area contributed by atoms with Crippen molar-refractivity contribution in [1.29, 1.82) is 0 Å². The van der Waals surface area contributed by atoms with Crippen LogP contribution in [0, 0.1) is 0 Å². The van der Waals surface area contributed by atoms with E-state index < -0.39 is 11.8 Å². The third kappa shape index (κ3) is 4.49. The Labute approximate surface area is 201 Å². The first-order valence-electron chi connectivity index (χ1n) is 10.2. The molecule has 0 unspecified atom stereocenters. The van der Waals surface area contributed by atoms with Gasteiger partial charge in [0, 0.05) is 28.5 Å². The minimum absolute atomic E-state index is 0.0679. The topological polar surface area (TPSA) is 69.7 Å². The highest BCUT2D eigenvalue weighted by Crippen LogP contribution is 2.31. The molecule has 0 saturated heterocycles. The van der Waals surface area contributed by atoms with Crippen LogP contribution in [-0.4, -0.2) is 24.3 Å². The van der Waals surface area contributed by atoms with Gasteiger partial charge in [0.1, 0.15) is 10.7 Å². The fourth-order valence-electron chi connectivity index (χ4n) is 3.54. The van der Waals surface area contributed by atoms with E-state index in [9.17, 15) is 14.4 Å². The fourth-order valence-corrected chi connectivity index (χ4v) is 3.94. The average molecular weight is 480 g/mol. The fraction of sp³-hybridized carbons (Fsp3) is 0.0800. The lowest BCUT2D eigenvalue weighted by Crippen LogP contribution is -2.32. The molecule has 3 amide bonds. The monoisotopic (exact) mass is 479 g/mol. The van der Waals surface area contributed by atoms with Crippen LogP contribution in [0.4, 0.5) is 17.1 Å². The lowest BCUT2D eigenvalue weighted by atomic mass is 10.1. The van der Waals surface area contributed by atoms with E-state index in [0.717, 1.165) is 10.6 Å². The maximum atomic E-state index is 13.1. The number of hydrogen-bond acceptors (Lipinski definition) is 4. The Kier molecular flexibility index (Phi) is 6.49. The molecular formula is C25H19Cl2N3O3. The molecular weight excluding hydrogens is 461 g/mol. The van der Waals surface area contributed by atoms with E-state index in [4.69, 9.17) is 23.2 Å². The zero-order valence-corrected chi connectivity index (χ0v) is 19.1. The number of para-hydroxylation sites is 1. The third-order valence-corrected chi connectivity index (χ3v) is 5.69. The Morgan fingerprint density at radius 2 is 1.64 bits per heavy atom. The summed E-state index contributed by atoms with van der Waals surface area (Å²) in [6, 6.07) is 22.4. The summed E-state index contributed by atoms with van der Waals surface area (Å²) in [6.45, 7) is 2.38. The van der Waals surface area contributed by atoms with E-state index in [1.807, 2.05) is 37.3 Å². The Bertz CT molecular complexity index is 1270. The van der Waals surface area contributed by atoms with Crippen molar-refractivity contribution >= 4 is 58.0 Å². The summed E-state index contributed by atoms with van der Waals surface area (Å²) < 4.78 is 0. The zero-order valence-electron chi connectivity index (χ0n) is 17.6. The predicted octanol–water partition coefficient (Wildman–Crippen LogP) is 5.44. The van der Waals surface area contributed by atoms with Crippen LogP contribution in [0.5, 0.6) is 0 Å². The zero-order chi connectivity index (χ0) is 23.5. The summed E-state index contributed by atoms with van der Waals surface area (Å²) in [5, 5.41) is 3.05. The molecule has 0 saturated carbocycles. The second-order valence-electron chi connectivity index (χ2n) is 7.21. The quantitative estimate of drug-likeness (QED) is 0.477. The molecule has 33 heavy (non-hydrogen) atoms. The number of hydrogen-bond donors (Lipinski definition) is 1. The van der Waals surface area contributed by atoms with Gasteiger partial charge in [0.25, 0.3) is 17.7 Å². The van der Waals surface area contributed by atoms with Crippen molar-refractivity contribution in [1.82, 2.24) is 0 Å². The van der Waals surface area contributed by atoms with Gasteiger partial charge in [-0.05, 0) is 55.5 Å². The number of imide groups is 1. The molecule has 0 bridgehead atoms. The summed E-state index contributed by atoms with van der Waals surface area (Å²) in [4.78, 5) is 41.4. The molecule has 8 heteroatoms. The lowest BCUT2D eigenvalue weighted by molar-refractivity contribution is -0.120. The van der Waals surface area contributed by atoms with Crippen molar-refractivity contribution in [3.8, 4) is 0 Å². The van der Waals surface area contributed by atoms with Gasteiger partial charge in [0.15, 0.2) is 0 Å². The maximum absolute atomic E-state index is 13.1. The summed E-state index contributed by atoms with van der Waals surface area (Å²) in [5.74, 6) is -1.45. The third-order valence-electron chi connectivity index (χ3n) is 5.10. The summed E-state index contributed by atoms with van der Waals surface area (Å²) in [5.41, 5.74) is 1.90. The number of halogens is 2. The Morgan fingerprint density at radius 1 is 0.909 bits per heavy atom. The minimum atomic E-state index is -0.653. The normalized spacial score (nSPS) is 13.5. The van der Waals surface area contributed by atoms with Crippen molar-refractivity contribution in [2.45, 2.75) is 6.92 Å². The largest absolute Gasteiger partial charge is 0.350 e. The number of carbonyl (C=O) groups excluding carboxylic acids is 3. The van der Waals surface area contributed by atoms with Crippen LogP contribution in [0.1, 0.15) is 17.3 Å². The van der Waals surface area contributed by atoms with Gasteiger partial charge in [-0.25, -0.2) is 4.90 Å². The number of amides is 3. The lowest BCUT2D eigenvalue weighted by Gasteiger charge is -2.21. The van der Waals surface area contributed by atoms with Crippen LogP contribution in [0.15, 0.2) is 89.6 Å². The van der Waals surface area contributed by atoms with Crippen LogP contribution in [0.3, 0.4) is 0 Å². The van der Waals surface area contributed by atoms with Crippen LogP contribution >= 0.6 is 23.2 Å². The molecule has 0 aromatic heterocycles. The van der Waals surface area contributed by atoms with Crippen molar-refractivity contribution in [3.05, 3.63) is 100 Å². The molecule has 4 rings (SSSR count). The molecule has 0 fully saturated rings. The van der Waals surface area contributed by atoms with E-state index in [0.29, 0.717) is 28.5 Å². The highest BCUT2D eigenvalue weighted by molar-refractivity contribution is 6.53. The van der Waals surface area contributed by atoms with Crippen LogP contribution in [-0.2, 0) is 9.59 Å². The molecule has 0 atom stereocenters. The van der Waals surface area contributed by atoms with E-state index >= 15 is 0 Å². The van der Waals surface area contributed by atoms with Crippen LogP contribution in [0.25, 0.3) is 0 Å². The van der Waals surface area contributed by atoms with Crippen molar-refractivity contribution < 1.29 is 14.4 Å². The minimum Gasteiger partial charge on any atom is -0.350 e. The molecule has 3 aromatic rings. The molecule has 1 heterocycles. The summed E-state index contributed by atoms with van der Waals surface area (Å²) in [7, 11) is 0. The molecule has 6 nitrogen and oxygen atoms in total. The first kappa shape index (κ1) is 22.6. The molecule has 3 aromatic carbocycles. The van der Waals surface area contributed by atoms with E-state index in [1.54, 1.807) is 47.4 Å².